The van der Waals surface area contributed by atoms with Crippen molar-refractivity contribution in [2.24, 2.45) is 0 Å². The Morgan fingerprint density at radius 2 is 1.75 bits per heavy atom. The average Bonchev–Trinajstić information content (AvgIpc) is 2.35. The van der Waals surface area contributed by atoms with Gasteiger partial charge in [-0.3, -0.25) is 0 Å². The minimum absolute atomic E-state index is 0.672. The van der Waals surface area contributed by atoms with Crippen molar-refractivity contribution in [3.8, 4) is 0 Å². The molecule has 0 unspecified atom stereocenters. The van der Waals surface area contributed by atoms with Crippen molar-refractivity contribution < 1.29 is 0 Å². The van der Waals surface area contributed by atoms with Crippen molar-refractivity contribution in [1.29, 1.82) is 0 Å². The van der Waals surface area contributed by atoms with Crippen LogP contribution in [-0.2, 0) is 0 Å². The second-order valence-corrected chi connectivity index (χ2v) is 8.00. The second kappa shape index (κ2) is 9.07. The summed E-state index contributed by atoms with van der Waals surface area (Å²) in [6, 6.07) is 10.9. The van der Waals surface area contributed by atoms with Gasteiger partial charge in [-0.05, 0) is 0 Å². The standard InChI is InChI=1S/C14H20Se2/c1-3-10-15-12-14(16-11-4-2)13-8-6-5-7-9-13/h5-9,12H,3-4,10-11H2,1-2H3/b14-12+. The van der Waals surface area contributed by atoms with E-state index in [1.165, 1.54) is 29.0 Å². The summed E-state index contributed by atoms with van der Waals surface area (Å²) in [5, 5.41) is 2.75. The number of hydrogen-bond acceptors (Lipinski definition) is 0. The fourth-order valence-corrected chi connectivity index (χ4v) is 5.75. The van der Waals surface area contributed by atoms with Crippen LogP contribution in [0.15, 0.2) is 35.3 Å². The topological polar surface area (TPSA) is 0 Å². The zero-order valence-electron chi connectivity index (χ0n) is 10.1. The van der Waals surface area contributed by atoms with Gasteiger partial charge in [0, 0.05) is 0 Å². The molecule has 0 fully saturated rings. The Morgan fingerprint density at radius 3 is 2.38 bits per heavy atom. The van der Waals surface area contributed by atoms with E-state index >= 15 is 0 Å². The van der Waals surface area contributed by atoms with Crippen LogP contribution in [0, 0.1) is 0 Å². The van der Waals surface area contributed by atoms with Gasteiger partial charge in [0.25, 0.3) is 0 Å². The molecule has 0 radical (unpaired) electrons. The Kier molecular flexibility index (Phi) is 7.97. The Balaban J connectivity index is 2.67. The first-order valence-electron chi connectivity index (χ1n) is 5.88. The molecule has 0 bridgehead atoms. The third-order valence-corrected chi connectivity index (χ3v) is 7.66. The molecular weight excluding hydrogens is 326 g/mol. The van der Waals surface area contributed by atoms with Crippen LogP contribution >= 0.6 is 0 Å². The summed E-state index contributed by atoms with van der Waals surface area (Å²) in [6.07, 6.45) is 2.63. The van der Waals surface area contributed by atoms with Crippen LogP contribution in [0.3, 0.4) is 0 Å². The molecule has 0 heterocycles. The Hall–Kier alpha value is -0.00104. The first kappa shape index (κ1) is 14.1. The van der Waals surface area contributed by atoms with E-state index < -0.39 is 0 Å². The molecule has 0 aliphatic heterocycles. The van der Waals surface area contributed by atoms with Gasteiger partial charge in [0.15, 0.2) is 0 Å². The fraction of sp³-hybridized carbons (Fsp3) is 0.429. The van der Waals surface area contributed by atoms with Gasteiger partial charge < -0.3 is 0 Å². The molecule has 88 valence electrons. The van der Waals surface area contributed by atoms with E-state index in [0.29, 0.717) is 29.9 Å². The molecule has 0 aliphatic carbocycles. The van der Waals surface area contributed by atoms with E-state index in [0.717, 1.165) is 0 Å². The number of rotatable bonds is 7. The molecule has 0 saturated carbocycles. The van der Waals surface area contributed by atoms with Gasteiger partial charge in [-0.1, -0.05) is 0 Å². The zero-order chi connectivity index (χ0) is 11.6. The molecule has 2 heteroatoms. The summed E-state index contributed by atoms with van der Waals surface area (Å²) in [4.78, 5) is 2.53. The van der Waals surface area contributed by atoms with Gasteiger partial charge in [-0.2, -0.15) is 0 Å². The molecule has 0 amide bonds. The van der Waals surface area contributed by atoms with Crippen LogP contribution < -0.4 is 0 Å². The van der Waals surface area contributed by atoms with E-state index in [4.69, 9.17) is 0 Å². The van der Waals surface area contributed by atoms with E-state index in [1.807, 2.05) is 0 Å². The van der Waals surface area contributed by atoms with E-state index in [1.54, 1.807) is 4.47 Å². The summed E-state index contributed by atoms with van der Waals surface area (Å²) in [7, 11) is 0. The molecule has 0 spiro atoms. The van der Waals surface area contributed by atoms with E-state index in [2.05, 4.69) is 49.2 Å². The van der Waals surface area contributed by atoms with Crippen molar-refractivity contribution in [2.45, 2.75) is 37.3 Å². The third kappa shape index (κ3) is 5.36. The molecule has 16 heavy (non-hydrogen) atoms. The normalized spacial score (nSPS) is 11.8. The summed E-state index contributed by atoms with van der Waals surface area (Å²) in [5.74, 6) is 0. The maximum absolute atomic E-state index is 2.53. The molecule has 0 aliphatic rings. The molecule has 1 aromatic rings. The van der Waals surface area contributed by atoms with Crippen LogP contribution in [0.5, 0.6) is 0 Å². The minimum atomic E-state index is 0.672. The first-order chi connectivity index (χ1) is 7.88. The molecule has 0 nitrogen and oxygen atoms in total. The average molecular weight is 346 g/mol. The SMILES string of the molecule is CCC[Se]/C=C(/[Se]CCC)c1ccccc1. The van der Waals surface area contributed by atoms with Crippen molar-refractivity contribution in [3.05, 3.63) is 40.9 Å². The molecular formula is C14H20Se2. The molecule has 0 saturated heterocycles. The molecule has 1 rings (SSSR count). The molecule has 1 aromatic carbocycles. The Morgan fingerprint density at radius 1 is 1.06 bits per heavy atom. The summed E-state index contributed by atoms with van der Waals surface area (Å²) < 4.78 is 1.63. The summed E-state index contributed by atoms with van der Waals surface area (Å²) >= 11 is 1.38. The number of benzene rings is 1. The first-order valence-corrected chi connectivity index (χ1v) is 10.1. The van der Waals surface area contributed by atoms with Crippen LogP contribution in [-0.4, -0.2) is 29.9 Å². The monoisotopic (exact) mass is 348 g/mol. The molecule has 0 N–H and O–H groups in total. The fourth-order valence-electron chi connectivity index (χ4n) is 1.25. The summed E-state index contributed by atoms with van der Waals surface area (Å²) in [5.41, 5.74) is 1.45. The Bertz CT molecular complexity index is 304. The van der Waals surface area contributed by atoms with Crippen LogP contribution in [0.25, 0.3) is 4.47 Å². The maximum atomic E-state index is 2.53. The van der Waals surface area contributed by atoms with Gasteiger partial charge in [0.1, 0.15) is 0 Å². The van der Waals surface area contributed by atoms with Crippen molar-refractivity contribution in [3.63, 3.8) is 0 Å². The Labute approximate surface area is 112 Å². The van der Waals surface area contributed by atoms with Crippen molar-refractivity contribution in [2.75, 3.05) is 0 Å². The van der Waals surface area contributed by atoms with Crippen molar-refractivity contribution >= 4 is 34.4 Å². The van der Waals surface area contributed by atoms with Crippen LogP contribution in [0.1, 0.15) is 32.3 Å². The predicted octanol–water partition coefficient (Wildman–Crippen LogP) is 4.05. The van der Waals surface area contributed by atoms with E-state index in [-0.39, 0.29) is 0 Å². The summed E-state index contributed by atoms with van der Waals surface area (Å²) in [6.45, 7) is 4.55. The van der Waals surface area contributed by atoms with Crippen LogP contribution in [0.4, 0.5) is 0 Å². The quantitative estimate of drug-likeness (QED) is 0.516. The molecule has 0 aromatic heterocycles. The van der Waals surface area contributed by atoms with Gasteiger partial charge in [0.05, 0.1) is 0 Å². The third-order valence-electron chi connectivity index (χ3n) is 2.03. The zero-order valence-corrected chi connectivity index (χ0v) is 13.5. The van der Waals surface area contributed by atoms with Gasteiger partial charge in [-0.25, -0.2) is 0 Å². The predicted molar refractivity (Wildman–Crippen MR) is 76.1 cm³/mol. The van der Waals surface area contributed by atoms with Gasteiger partial charge in [0.2, 0.25) is 0 Å². The van der Waals surface area contributed by atoms with Gasteiger partial charge >= 0.3 is 113 Å². The number of hydrogen-bond donors (Lipinski definition) is 0. The van der Waals surface area contributed by atoms with Crippen molar-refractivity contribution in [1.82, 2.24) is 0 Å². The second-order valence-electron chi connectivity index (χ2n) is 3.57. The molecule has 0 atom stereocenters. The van der Waals surface area contributed by atoms with Gasteiger partial charge in [-0.15, -0.1) is 0 Å². The van der Waals surface area contributed by atoms with E-state index in [9.17, 15) is 0 Å². The van der Waals surface area contributed by atoms with Crippen LogP contribution in [0.2, 0.25) is 10.6 Å².